The molecule has 0 atom stereocenters. The molecule has 0 radical (unpaired) electrons. The summed E-state index contributed by atoms with van der Waals surface area (Å²) in [5.41, 5.74) is 0.997. The highest BCUT2D eigenvalue weighted by atomic mass is 16.3. The first kappa shape index (κ1) is 12.4. The largest absolute Gasteiger partial charge is 0.391 e. The lowest BCUT2D eigenvalue weighted by molar-refractivity contribution is 0.102. The van der Waals surface area contributed by atoms with Gasteiger partial charge in [0, 0.05) is 0 Å². The van der Waals surface area contributed by atoms with E-state index in [2.05, 4.69) is 25.2 Å². The van der Waals surface area contributed by atoms with Crippen molar-refractivity contribution in [2.24, 2.45) is 0 Å². The fourth-order valence-electron chi connectivity index (χ4n) is 0.930. The summed E-state index contributed by atoms with van der Waals surface area (Å²) in [6.07, 6.45) is 10.5. The maximum Gasteiger partial charge on any atom is 0.0563 e. The van der Waals surface area contributed by atoms with Gasteiger partial charge in [0.1, 0.15) is 0 Å². The summed E-state index contributed by atoms with van der Waals surface area (Å²) in [5, 5.41) is 8.52. The van der Waals surface area contributed by atoms with Crippen LogP contribution in [0.2, 0.25) is 0 Å². The van der Waals surface area contributed by atoms with Crippen molar-refractivity contribution < 1.29 is 5.11 Å². The predicted molar refractivity (Wildman–Crippen MR) is 58.7 cm³/mol. The third kappa shape index (κ3) is 11.4. The Hall–Kier alpha value is -0.560. The molecule has 0 unspecified atom stereocenters. The van der Waals surface area contributed by atoms with Gasteiger partial charge in [-0.25, -0.2) is 0 Å². The van der Waals surface area contributed by atoms with Crippen LogP contribution in [0, 0.1) is 0 Å². The summed E-state index contributed by atoms with van der Waals surface area (Å²) in [5.74, 6) is 0. The summed E-state index contributed by atoms with van der Waals surface area (Å²) in [7, 11) is 0. The highest BCUT2D eigenvalue weighted by Crippen LogP contribution is 2.11. The number of allylic oxidation sites excluding steroid dienone is 4. The molecular formula is C12H22O. The molecule has 0 saturated carbocycles. The highest BCUT2D eigenvalue weighted by molar-refractivity contribution is 5.21. The molecule has 1 aliphatic rings. The molecule has 0 bridgehead atoms. The molecule has 13 heavy (non-hydrogen) atoms. The summed E-state index contributed by atoms with van der Waals surface area (Å²) >= 11 is 0. The van der Waals surface area contributed by atoms with Crippen molar-refractivity contribution in [2.75, 3.05) is 0 Å². The average molecular weight is 182 g/mol. The minimum Gasteiger partial charge on any atom is -0.391 e. The smallest absolute Gasteiger partial charge is 0.0563 e. The Morgan fingerprint density at radius 2 is 1.85 bits per heavy atom. The van der Waals surface area contributed by atoms with Gasteiger partial charge in [-0.15, -0.1) is 0 Å². The summed E-state index contributed by atoms with van der Waals surface area (Å²) in [6.45, 7) is 7.43. The third-order valence-electron chi connectivity index (χ3n) is 1.48. The van der Waals surface area contributed by atoms with E-state index in [1.54, 1.807) is 20.8 Å². The van der Waals surface area contributed by atoms with E-state index >= 15 is 0 Å². The second kappa shape index (κ2) is 5.98. The average Bonchev–Trinajstić information content (AvgIpc) is 2.03. The van der Waals surface area contributed by atoms with Gasteiger partial charge in [0.25, 0.3) is 0 Å². The molecule has 1 heteroatoms. The quantitative estimate of drug-likeness (QED) is 0.658. The number of hydrogen-bond acceptors (Lipinski definition) is 1. The summed E-state index contributed by atoms with van der Waals surface area (Å²) in [6, 6.07) is 0. The Morgan fingerprint density at radius 1 is 1.31 bits per heavy atom. The zero-order valence-electron chi connectivity index (χ0n) is 9.30. The van der Waals surface area contributed by atoms with Crippen molar-refractivity contribution in [2.45, 2.75) is 52.6 Å². The maximum absolute atomic E-state index is 8.52. The Morgan fingerprint density at radius 3 is 2.08 bits per heavy atom. The number of rotatable bonds is 1. The van der Waals surface area contributed by atoms with Crippen LogP contribution in [0.15, 0.2) is 23.8 Å². The van der Waals surface area contributed by atoms with E-state index < -0.39 is 5.60 Å². The van der Waals surface area contributed by atoms with Crippen LogP contribution >= 0.6 is 0 Å². The van der Waals surface area contributed by atoms with Gasteiger partial charge in [0.2, 0.25) is 0 Å². The first-order valence-corrected chi connectivity index (χ1v) is 5.01. The SMILES string of the molecule is CC(C)(C)O.CCC1=CCCC=C1. The van der Waals surface area contributed by atoms with E-state index in [1.807, 2.05) is 0 Å². The molecule has 0 aromatic heterocycles. The van der Waals surface area contributed by atoms with Gasteiger partial charge >= 0.3 is 0 Å². The van der Waals surface area contributed by atoms with Gasteiger partial charge in [-0.2, -0.15) is 0 Å². The number of hydrogen-bond donors (Lipinski definition) is 1. The van der Waals surface area contributed by atoms with Crippen molar-refractivity contribution in [1.82, 2.24) is 0 Å². The zero-order chi connectivity index (χ0) is 10.3. The number of aliphatic hydroxyl groups is 1. The van der Waals surface area contributed by atoms with Crippen molar-refractivity contribution >= 4 is 0 Å². The molecule has 0 saturated heterocycles. The van der Waals surface area contributed by atoms with Crippen molar-refractivity contribution in [3.8, 4) is 0 Å². The molecule has 0 aromatic rings. The third-order valence-corrected chi connectivity index (χ3v) is 1.48. The van der Waals surface area contributed by atoms with E-state index in [1.165, 1.54) is 24.8 Å². The van der Waals surface area contributed by atoms with Crippen LogP contribution in [0.4, 0.5) is 0 Å². The van der Waals surface area contributed by atoms with E-state index in [-0.39, 0.29) is 0 Å². The molecule has 0 amide bonds. The fraction of sp³-hybridized carbons (Fsp3) is 0.667. The zero-order valence-corrected chi connectivity index (χ0v) is 9.30. The molecule has 0 heterocycles. The first-order valence-electron chi connectivity index (χ1n) is 5.01. The van der Waals surface area contributed by atoms with Crippen LogP contribution in [0.5, 0.6) is 0 Å². The van der Waals surface area contributed by atoms with Crippen LogP contribution in [0.25, 0.3) is 0 Å². The van der Waals surface area contributed by atoms with Crippen LogP contribution in [0.3, 0.4) is 0 Å². The normalized spacial score (nSPS) is 15.9. The summed E-state index contributed by atoms with van der Waals surface area (Å²) < 4.78 is 0. The first-order chi connectivity index (χ1) is 5.93. The van der Waals surface area contributed by atoms with Crippen LogP contribution < -0.4 is 0 Å². The van der Waals surface area contributed by atoms with Gasteiger partial charge < -0.3 is 5.11 Å². The molecule has 76 valence electrons. The Bertz CT molecular complexity index is 176. The van der Waals surface area contributed by atoms with E-state index in [4.69, 9.17) is 5.11 Å². The molecule has 1 nitrogen and oxygen atoms in total. The molecule has 1 N–H and O–H groups in total. The lowest BCUT2D eigenvalue weighted by atomic mass is 10.1. The standard InChI is InChI=1S/C8H12.C4H10O/c1-2-8-6-4-3-5-7-8;1-4(2,3)5/h4,6-7H,2-3,5H2,1H3;5H,1-3H3. The van der Waals surface area contributed by atoms with Crippen molar-refractivity contribution in [3.05, 3.63) is 23.8 Å². The minimum atomic E-state index is -0.500. The molecule has 0 spiro atoms. The monoisotopic (exact) mass is 182 g/mol. The Labute approximate surface area is 82.2 Å². The molecule has 0 aliphatic heterocycles. The second-order valence-corrected chi connectivity index (χ2v) is 4.28. The summed E-state index contributed by atoms with van der Waals surface area (Å²) in [4.78, 5) is 0. The van der Waals surface area contributed by atoms with Gasteiger partial charge in [0.15, 0.2) is 0 Å². The molecule has 1 aliphatic carbocycles. The minimum absolute atomic E-state index is 0.500. The Balaban J connectivity index is 0.000000252. The fourth-order valence-corrected chi connectivity index (χ4v) is 0.930. The highest BCUT2D eigenvalue weighted by Gasteiger charge is 1.97. The van der Waals surface area contributed by atoms with Gasteiger partial charge in [-0.05, 0) is 40.0 Å². The van der Waals surface area contributed by atoms with Crippen LogP contribution in [0.1, 0.15) is 47.0 Å². The maximum atomic E-state index is 8.52. The molecular weight excluding hydrogens is 160 g/mol. The topological polar surface area (TPSA) is 20.2 Å². The van der Waals surface area contributed by atoms with Crippen LogP contribution in [-0.4, -0.2) is 10.7 Å². The van der Waals surface area contributed by atoms with Crippen molar-refractivity contribution in [3.63, 3.8) is 0 Å². The van der Waals surface area contributed by atoms with Crippen LogP contribution in [-0.2, 0) is 0 Å². The Kier molecular flexibility index (Phi) is 5.72. The van der Waals surface area contributed by atoms with E-state index in [9.17, 15) is 0 Å². The lowest BCUT2D eigenvalue weighted by Gasteiger charge is -2.04. The second-order valence-electron chi connectivity index (χ2n) is 4.28. The predicted octanol–water partition coefficient (Wildman–Crippen LogP) is 3.45. The molecule has 0 fully saturated rings. The molecule has 1 rings (SSSR count). The van der Waals surface area contributed by atoms with Crippen molar-refractivity contribution in [1.29, 1.82) is 0 Å². The van der Waals surface area contributed by atoms with Gasteiger partial charge in [-0.1, -0.05) is 30.7 Å². The molecule has 0 aromatic carbocycles. The van der Waals surface area contributed by atoms with E-state index in [0.717, 1.165) is 0 Å². The van der Waals surface area contributed by atoms with E-state index in [0.29, 0.717) is 0 Å². The van der Waals surface area contributed by atoms with Gasteiger partial charge in [0.05, 0.1) is 5.60 Å². The lowest BCUT2D eigenvalue weighted by Crippen LogP contribution is -2.10. The van der Waals surface area contributed by atoms with Gasteiger partial charge in [-0.3, -0.25) is 0 Å².